The highest BCUT2D eigenvalue weighted by atomic mass is 16.3. The van der Waals surface area contributed by atoms with E-state index < -0.39 is 0 Å². The summed E-state index contributed by atoms with van der Waals surface area (Å²) >= 11 is 0. The van der Waals surface area contributed by atoms with E-state index in [-0.39, 0.29) is 5.41 Å². The summed E-state index contributed by atoms with van der Waals surface area (Å²) in [6, 6.07) is 19.9. The topological polar surface area (TPSA) is 26.0 Å². The van der Waals surface area contributed by atoms with Gasteiger partial charge in [-0.15, -0.1) is 0 Å². The maximum Gasteiger partial charge on any atom is 0.146 e. The predicted octanol–water partition coefficient (Wildman–Crippen LogP) is 8.84. The zero-order chi connectivity index (χ0) is 22.8. The van der Waals surface area contributed by atoms with Crippen molar-refractivity contribution >= 4 is 32.6 Å². The molecular formula is C30H31NO. The molecule has 0 atom stereocenters. The van der Waals surface area contributed by atoms with E-state index in [1.807, 2.05) is 0 Å². The van der Waals surface area contributed by atoms with Crippen molar-refractivity contribution in [2.45, 2.75) is 59.8 Å². The quantitative estimate of drug-likeness (QED) is 0.284. The first-order valence-electron chi connectivity index (χ1n) is 11.5. The van der Waals surface area contributed by atoms with Crippen LogP contribution in [0.1, 0.15) is 63.0 Å². The first-order chi connectivity index (χ1) is 15.1. The second kappa shape index (κ2) is 7.20. The monoisotopic (exact) mass is 421 g/mol. The van der Waals surface area contributed by atoms with Gasteiger partial charge in [0, 0.05) is 22.3 Å². The second-order valence-electron chi connectivity index (χ2n) is 10.5. The second-order valence-corrected chi connectivity index (χ2v) is 10.5. The molecule has 5 rings (SSSR count). The molecule has 0 N–H and O–H groups in total. The SMILES string of the molecule is Cc1cc(C)c2c(c1)nc(-c1cc(C(C)(C)C)c3ccccc3c1)c1cc(C(C)C)oc12. The average molecular weight is 422 g/mol. The van der Waals surface area contributed by atoms with Gasteiger partial charge in [-0.25, -0.2) is 4.98 Å². The van der Waals surface area contributed by atoms with Gasteiger partial charge in [-0.1, -0.05) is 65.0 Å². The minimum absolute atomic E-state index is 0.0260. The average Bonchev–Trinajstić information content (AvgIpc) is 3.16. The van der Waals surface area contributed by atoms with Crippen LogP contribution in [0.5, 0.6) is 0 Å². The normalized spacial score (nSPS) is 12.5. The molecule has 2 aromatic heterocycles. The molecule has 0 saturated heterocycles. The minimum Gasteiger partial charge on any atom is -0.460 e. The summed E-state index contributed by atoms with van der Waals surface area (Å²) in [5.41, 5.74) is 7.91. The van der Waals surface area contributed by atoms with Crippen molar-refractivity contribution in [1.82, 2.24) is 4.98 Å². The fraction of sp³-hybridized carbons (Fsp3) is 0.300. The number of fused-ring (bicyclic) bond motifs is 4. The van der Waals surface area contributed by atoms with Gasteiger partial charge < -0.3 is 4.42 Å². The molecule has 162 valence electrons. The number of hydrogen-bond acceptors (Lipinski definition) is 2. The standard InChI is InChI=1S/C30H31NO/c1-17(2)26-16-23-28(31-25-13-18(3)12-19(4)27(25)29(23)32-26)21-14-20-10-8-9-11-22(20)24(15-21)30(5,6)7/h8-17H,1-7H3. The molecule has 0 amide bonds. The molecule has 2 nitrogen and oxygen atoms in total. The molecule has 0 bridgehead atoms. The molecule has 5 aromatic rings. The van der Waals surface area contributed by atoms with Crippen molar-refractivity contribution in [3.8, 4) is 11.3 Å². The number of aromatic nitrogens is 1. The summed E-state index contributed by atoms with van der Waals surface area (Å²) < 4.78 is 6.47. The molecule has 0 aliphatic carbocycles. The number of rotatable bonds is 2. The highest BCUT2D eigenvalue weighted by Gasteiger charge is 2.22. The third-order valence-electron chi connectivity index (χ3n) is 6.44. The lowest BCUT2D eigenvalue weighted by Gasteiger charge is -2.23. The van der Waals surface area contributed by atoms with E-state index in [9.17, 15) is 0 Å². The lowest BCUT2D eigenvalue weighted by molar-refractivity contribution is 0.524. The van der Waals surface area contributed by atoms with Crippen molar-refractivity contribution < 1.29 is 4.42 Å². The van der Waals surface area contributed by atoms with Gasteiger partial charge in [0.1, 0.15) is 11.3 Å². The van der Waals surface area contributed by atoms with E-state index in [0.717, 1.165) is 38.9 Å². The molecule has 32 heavy (non-hydrogen) atoms. The van der Waals surface area contributed by atoms with Crippen LogP contribution in [0.4, 0.5) is 0 Å². The third-order valence-corrected chi connectivity index (χ3v) is 6.44. The molecule has 3 aromatic carbocycles. The Labute approximate surface area is 190 Å². The molecule has 0 aliphatic rings. The maximum atomic E-state index is 6.47. The van der Waals surface area contributed by atoms with E-state index in [1.165, 1.54) is 27.5 Å². The Morgan fingerprint density at radius 2 is 1.62 bits per heavy atom. The van der Waals surface area contributed by atoms with Crippen LogP contribution >= 0.6 is 0 Å². The smallest absolute Gasteiger partial charge is 0.146 e. The molecule has 0 saturated carbocycles. The Kier molecular flexibility index (Phi) is 4.67. The Morgan fingerprint density at radius 1 is 0.875 bits per heavy atom. The fourth-order valence-corrected chi connectivity index (χ4v) is 4.85. The highest BCUT2D eigenvalue weighted by molar-refractivity contribution is 6.10. The zero-order valence-corrected chi connectivity index (χ0v) is 20.1. The number of nitrogens with zero attached hydrogens (tertiary/aromatic N) is 1. The van der Waals surface area contributed by atoms with Crippen molar-refractivity contribution in [3.63, 3.8) is 0 Å². The lowest BCUT2D eigenvalue weighted by atomic mass is 9.82. The van der Waals surface area contributed by atoms with Crippen LogP contribution in [0.15, 0.2) is 59.0 Å². The maximum absolute atomic E-state index is 6.47. The Morgan fingerprint density at radius 3 is 2.34 bits per heavy atom. The van der Waals surface area contributed by atoms with Gasteiger partial charge in [0.2, 0.25) is 0 Å². The molecule has 2 heteroatoms. The van der Waals surface area contributed by atoms with Gasteiger partial charge >= 0.3 is 0 Å². The van der Waals surface area contributed by atoms with Crippen molar-refractivity contribution in [1.29, 1.82) is 0 Å². The number of aryl methyl sites for hydroxylation is 2. The number of hydrogen-bond donors (Lipinski definition) is 0. The van der Waals surface area contributed by atoms with Crippen LogP contribution in [0, 0.1) is 13.8 Å². The summed E-state index contributed by atoms with van der Waals surface area (Å²) in [7, 11) is 0. The largest absolute Gasteiger partial charge is 0.460 e. The van der Waals surface area contributed by atoms with Crippen LogP contribution in [0.3, 0.4) is 0 Å². The molecule has 2 heterocycles. The number of pyridine rings is 1. The van der Waals surface area contributed by atoms with Gasteiger partial charge in [0.25, 0.3) is 0 Å². The van der Waals surface area contributed by atoms with Crippen molar-refractivity contribution in [2.75, 3.05) is 0 Å². The highest BCUT2D eigenvalue weighted by Crippen LogP contribution is 2.40. The Bertz CT molecular complexity index is 1500. The summed E-state index contributed by atoms with van der Waals surface area (Å²) in [5.74, 6) is 1.32. The fourth-order valence-electron chi connectivity index (χ4n) is 4.85. The first kappa shape index (κ1) is 20.8. The summed E-state index contributed by atoms with van der Waals surface area (Å²) in [6.07, 6.45) is 0. The van der Waals surface area contributed by atoms with Gasteiger partial charge in [-0.2, -0.15) is 0 Å². The third kappa shape index (κ3) is 3.30. The van der Waals surface area contributed by atoms with Crippen molar-refractivity contribution in [2.24, 2.45) is 0 Å². The van der Waals surface area contributed by atoms with Gasteiger partial charge in [-0.3, -0.25) is 0 Å². The van der Waals surface area contributed by atoms with E-state index in [2.05, 4.69) is 103 Å². The zero-order valence-electron chi connectivity index (χ0n) is 20.1. The molecular weight excluding hydrogens is 390 g/mol. The van der Waals surface area contributed by atoms with E-state index in [1.54, 1.807) is 0 Å². The van der Waals surface area contributed by atoms with Crippen LogP contribution in [0.2, 0.25) is 0 Å². The molecule has 0 aliphatic heterocycles. The molecule has 0 spiro atoms. The van der Waals surface area contributed by atoms with Crippen LogP contribution < -0.4 is 0 Å². The van der Waals surface area contributed by atoms with Crippen molar-refractivity contribution in [3.05, 3.63) is 77.0 Å². The van der Waals surface area contributed by atoms with E-state index in [0.29, 0.717) is 5.92 Å². The number of benzene rings is 3. The van der Waals surface area contributed by atoms with E-state index in [4.69, 9.17) is 9.40 Å². The van der Waals surface area contributed by atoms with Crippen LogP contribution in [0.25, 0.3) is 43.9 Å². The number of furan rings is 1. The van der Waals surface area contributed by atoms with Crippen LogP contribution in [-0.4, -0.2) is 4.98 Å². The molecule has 0 unspecified atom stereocenters. The van der Waals surface area contributed by atoms with E-state index >= 15 is 0 Å². The Hall–Kier alpha value is -3.13. The molecule has 0 fully saturated rings. The van der Waals surface area contributed by atoms with Gasteiger partial charge in [0.05, 0.1) is 11.2 Å². The molecule has 0 radical (unpaired) electrons. The summed E-state index contributed by atoms with van der Waals surface area (Å²) in [4.78, 5) is 5.24. The van der Waals surface area contributed by atoms with Crippen LogP contribution in [-0.2, 0) is 5.41 Å². The summed E-state index contributed by atoms with van der Waals surface area (Å²) in [5, 5.41) is 4.78. The van der Waals surface area contributed by atoms with Gasteiger partial charge in [0.15, 0.2) is 0 Å². The predicted molar refractivity (Wildman–Crippen MR) is 137 cm³/mol. The Balaban J connectivity index is 1.93. The van der Waals surface area contributed by atoms with Gasteiger partial charge in [-0.05, 0) is 71.0 Å². The first-order valence-corrected chi connectivity index (χ1v) is 11.5. The minimum atomic E-state index is 0.0260. The lowest BCUT2D eigenvalue weighted by Crippen LogP contribution is -2.12. The summed E-state index contributed by atoms with van der Waals surface area (Å²) in [6.45, 7) is 15.5.